The number of carbonyl (C=O) groups excluding carboxylic acids is 2. The van der Waals surface area contributed by atoms with Gasteiger partial charge in [0.05, 0.1) is 0 Å². The highest BCUT2D eigenvalue weighted by molar-refractivity contribution is 7.98. The van der Waals surface area contributed by atoms with Crippen LogP contribution in [0.1, 0.15) is 30.6 Å². The number of thioether (sulfide) groups is 1. The van der Waals surface area contributed by atoms with Gasteiger partial charge in [-0.25, -0.2) is 4.79 Å². The maximum absolute atomic E-state index is 12.1. The molecule has 0 spiro atoms. The minimum Gasteiger partial charge on any atom is -0.325 e. The molecule has 1 aromatic rings. The van der Waals surface area contributed by atoms with Crippen LogP contribution in [-0.4, -0.2) is 41.8 Å². The number of urea groups is 1. The average molecular weight is 294 g/mol. The highest BCUT2D eigenvalue weighted by Crippen LogP contribution is 2.12. The van der Waals surface area contributed by atoms with Crippen molar-refractivity contribution in [3.63, 3.8) is 0 Å². The standard InChI is InChI=1S/C15H22N2O2S/c1-11(9-10-20-4)17(3)15(19)16-14-7-5-13(6-8-14)12(2)18/h5-8,11H,9-10H2,1-4H3,(H,16,19). The third kappa shape index (κ3) is 4.89. The van der Waals surface area contributed by atoms with Crippen molar-refractivity contribution >= 4 is 29.3 Å². The number of nitrogens with zero attached hydrogens (tertiary/aromatic N) is 1. The topological polar surface area (TPSA) is 49.4 Å². The zero-order valence-corrected chi connectivity index (χ0v) is 13.3. The quantitative estimate of drug-likeness (QED) is 0.817. The smallest absolute Gasteiger partial charge is 0.321 e. The Morgan fingerprint density at radius 1 is 1.30 bits per heavy atom. The first-order chi connectivity index (χ1) is 9.45. The first kappa shape index (κ1) is 16.6. The Hall–Kier alpha value is -1.49. The molecule has 1 unspecified atom stereocenters. The Morgan fingerprint density at radius 2 is 1.90 bits per heavy atom. The Balaban J connectivity index is 2.58. The van der Waals surface area contributed by atoms with Crippen molar-refractivity contribution in [1.29, 1.82) is 0 Å². The fourth-order valence-corrected chi connectivity index (χ4v) is 2.26. The van der Waals surface area contributed by atoms with Crippen LogP contribution in [0, 0.1) is 0 Å². The van der Waals surface area contributed by atoms with Crippen molar-refractivity contribution in [3.8, 4) is 0 Å². The third-order valence-electron chi connectivity index (χ3n) is 3.26. The summed E-state index contributed by atoms with van der Waals surface area (Å²) in [6.45, 7) is 3.56. The monoisotopic (exact) mass is 294 g/mol. The van der Waals surface area contributed by atoms with Gasteiger partial charge in [-0.05, 0) is 56.5 Å². The van der Waals surface area contributed by atoms with Crippen LogP contribution < -0.4 is 5.32 Å². The lowest BCUT2D eigenvalue weighted by atomic mass is 10.1. The number of benzene rings is 1. The van der Waals surface area contributed by atoms with E-state index in [1.807, 2.05) is 6.92 Å². The predicted octanol–water partition coefficient (Wildman–Crippen LogP) is 3.49. The maximum atomic E-state index is 12.1. The molecule has 0 aliphatic carbocycles. The SMILES string of the molecule is CSCCC(C)N(C)C(=O)Nc1ccc(C(C)=O)cc1. The maximum Gasteiger partial charge on any atom is 0.321 e. The molecular weight excluding hydrogens is 272 g/mol. The molecule has 1 aromatic carbocycles. The van der Waals surface area contributed by atoms with E-state index in [4.69, 9.17) is 0 Å². The summed E-state index contributed by atoms with van der Waals surface area (Å²) in [4.78, 5) is 25.0. The van der Waals surface area contributed by atoms with E-state index < -0.39 is 0 Å². The summed E-state index contributed by atoms with van der Waals surface area (Å²) in [5.74, 6) is 1.05. The van der Waals surface area contributed by atoms with Gasteiger partial charge in [-0.3, -0.25) is 4.79 Å². The Morgan fingerprint density at radius 3 is 2.40 bits per heavy atom. The second kappa shape index (κ2) is 7.94. The molecule has 1 atom stereocenters. The van der Waals surface area contributed by atoms with Gasteiger partial charge in [0.25, 0.3) is 0 Å². The van der Waals surface area contributed by atoms with Crippen molar-refractivity contribution in [2.45, 2.75) is 26.3 Å². The second-order valence-electron chi connectivity index (χ2n) is 4.81. The van der Waals surface area contributed by atoms with Gasteiger partial charge in [-0.15, -0.1) is 0 Å². The highest BCUT2D eigenvalue weighted by atomic mass is 32.2. The fourth-order valence-electron chi connectivity index (χ4n) is 1.68. The van der Waals surface area contributed by atoms with Gasteiger partial charge in [0.15, 0.2) is 5.78 Å². The second-order valence-corrected chi connectivity index (χ2v) is 5.79. The van der Waals surface area contributed by atoms with E-state index >= 15 is 0 Å². The molecule has 0 aliphatic rings. The molecule has 0 saturated carbocycles. The van der Waals surface area contributed by atoms with Crippen molar-refractivity contribution in [2.24, 2.45) is 0 Å². The molecule has 0 heterocycles. The van der Waals surface area contributed by atoms with Crippen LogP contribution in [-0.2, 0) is 0 Å². The molecule has 0 radical (unpaired) electrons. The van der Waals surface area contributed by atoms with E-state index in [2.05, 4.69) is 11.6 Å². The molecule has 5 heteroatoms. The largest absolute Gasteiger partial charge is 0.325 e. The van der Waals surface area contributed by atoms with E-state index in [0.717, 1.165) is 12.2 Å². The molecule has 20 heavy (non-hydrogen) atoms. The Kier molecular flexibility index (Phi) is 6.58. The number of carbonyl (C=O) groups is 2. The van der Waals surface area contributed by atoms with E-state index in [1.54, 1.807) is 48.0 Å². The van der Waals surface area contributed by atoms with Gasteiger partial charge in [0, 0.05) is 24.3 Å². The molecule has 1 rings (SSSR count). The molecule has 0 saturated heterocycles. The highest BCUT2D eigenvalue weighted by Gasteiger charge is 2.15. The van der Waals surface area contributed by atoms with Gasteiger partial charge in [0.2, 0.25) is 0 Å². The lowest BCUT2D eigenvalue weighted by Crippen LogP contribution is -2.38. The lowest BCUT2D eigenvalue weighted by molar-refractivity contribution is 0.101. The third-order valence-corrected chi connectivity index (χ3v) is 3.91. The number of amides is 2. The van der Waals surface area contributed by atoms with E-state index in [1.165, 1.54) is 6.92 Å². The molecule has 110 valence electrons. The summed E-state index contributed by atoms with van der Waals surface area (Å²) in [5.41, 5.74) is 1.34. The number of ketones is 1. The van der Waals surface area contributed by atoms with Crippen molar-refractivity contribution in [2.75, 3.05) is 24.4 Å². The summed E-state index contributed by atoms with van der Waals surface area (Å²) in [6.07, 6.45) is 3.03. The zero-order chi connectivity index (χ0) is 15.1. The van der Waals surface area contributed by atoms with Crippen LogP contribution >= 0.6 is 11.8 Å². The number of nitrogens with one attached hydrogen (secondary N) is 1. The van der Waals surface area contributed by atoms with Crippen LogP contribution in [0.2, 0.25) is 0 Å². The van der Waals surface area contributed by atoms with Gasteiger partial charge < -0.3 is 10.2 Å². The zero-order valence-electron chi connectivity index (χ0n) is 12.5. The normalized spacial score (nSPS) is 11.8. The Bertz CT molecular complexity index is 459. The van der Waals surface area contributed by atoms with Gasteiger partial charge in [0.1, 0.15) is 0 Å². The first-order valence-electron chi connectivity index (χ1n) is 6.59. The van der Waals surface area contributed by atoms with E-state index in [9.17, 15) is 9.59 Å². The summed E-state index contributed by atoms with van der Waals surface area (Å²) in [5, 5.41) is 2.83. The van der Waals surface area contributed by atoms with Crippen molar-refractivity contribution in [1.82, 2.24) is 4.90 Å². The van der Waals surface area contributed by atoms with Gasteiger partial charge >= 0.3 is 6.03 Å². The van der Waals surface area contributed by atoms with Crippen LogP contribution in [0.25, 0.3) is 0 Å². The van der Waals surface area contributed by atoms with Crippen LogP contribution in [0.3, 0.4) is 0 Å². The van der Waals surface area contributed by atoms with Gasteiger partial charge in [-0.2, -0.15) is 11.8 Å². The fraction of sp³-hybridized carbons (Fsp3) is 0.467. The minimum absolute atomic E-state index is 0.0192. The predicted molar refractivity (Wildman–Crippen MR) is 85.7 cm³/mol. The molecule has 0 fully saturated rings. The lowest BCUT2D eigenvalue weighted by Gasteiger charge is -2.25. The number of Topliss-reactive ketones (excluding diaryl/α,β-unsaturated/α-hetero) is 1. The van der Waals surface area contributed by atoms with E-state index in [0.29, 0.717) is 11.3 Å². The number of hydrogen-bond acceptors (Lipinski definition) is 3. The summed E-state index contributed by atoms with van der Waals surface area (Å²) >= 11 is 1.78. The molecule has 0 bridgehead atoms. The van der Waals surface area contributed by atoms with Crippen LogP contribution in [0.5, 0.6) is 0 Å². The van der Waals surface area contributed by atoms with Crippen LogP contribution in [0.4, 0.5) is 10.5 Å². The van der Waals surface area contributed by atoms with Crippen molar-refractivity contribution in [3.05, 3.63) is 29.8 Å². The summed E-state index contributed by atoms with van der Waals surface area (Å²) < 4.78 is 0. The summed E-state index contributed by atoms with van der Waals surface area (Å²) in [6, 6.07) is 6.99. The average Bonchev–Trinajstić information content (AvgIpc) is 2.44. The number of anilines is 1. The van der Waals surface area contributed by atoms with E-state index in [-0.39, 0.29) is 17.9 Å². The molecule has 0 aliphatic heterocycles. The molecule has 4 nitrogen and oxygen atoms in total. The summed E-state index contributed by atoms with van der Waals surface area (Å²) in [7, 11) is 1.80. The Labute approximate surface area is 124 Å². The number of hydrogen-bond donors (Lipinski definition) is 1. The molecule has 0 aromatic heterocycles. The van der Waals surface area contributed by atoms with Crippen LogP contribution in [0.15, 0.2) is 24.3 Å². The minimum atomic E-state index is -0.130. The number of rotatable bonds is 6. The van der Waals surface area contributed by atoms with Crippen molar-refractivity contribution < 1.29 is 9.59 Å². The molecule has 1 N–H and O–H groups in total. The first-order valence-corrected chi connectivity index (χ1v) is 7.99. The molecule has 2 amide bonds. The van der Waals surface area contributed by atoms with Gasteiger partial charge in [-0.1, -0.05) is 0 Å². The molecular formula is C15H22N2O2S.